The van der Waals surface area contributed by atoms with Crippen molar-refractivity contribution in [3.8, 4) is 0 Å². The van der Waals surface area contributed by atoms with Gasteiger partial charge < -0.3 is 15.0 Å². The standard InChI is InChI=1S/C13H21BN2O2/c1-9-7-6-8-10(16-9)11(15)14-17-12(2,3)13(4,5)18-14/h6-8,11H,15H2,1-5H3. The molecule has 2 rings (SSSR count). The zero-order valence-corrected chi connectivity index (χ0v) is 11.7. The van der Waals surface area contributed by atoms with E-state index in [1.807, 2.05) is 52.8 Å². The van der Waals surface area contributed by atoms with Gasteiger partial charge in [0.25, 0.3) is 0 Å². The van der Waals surface area contributed by atoms with E-state index < -0.39 is 7.12 Å². The van der Waals surface area contributed by atoms with Crippen LogP contribution in [0, 0.1) is 6.92 Å². The van der Waals surface area contributed by atoms with Gasteiger partial charge in [-0.15, -0.1) is 0 Å². The van der Waals surface area contributed by atoms with Crippen LogP contribution < -0.4 is 5.73 Å². The summed E-state index contributed by atoms with van der Waals surface area (Å²) in [5, 5.41) is 0. The van der Waals surface area contributed by atoms with Gasteiger partial charge in [0, 0.05) is 5.69 Å². The third-order valence-corrected chi connectivity index (χ3v) is 3.82. The number of nitrogens with two attached hydrogens (primary N) is 1. The molecule has 98 valence electrons. The number of rotatable bonds is 2. The average molecular weight is 248 g/mol. The second kappa shape index (κ2) is 4.33. The van der Waals surface area contributed by atoms with Crippen molar-refractivity contribution in [3.05, 3.63) is 29.6 Å². The van der Waals surface area contributed by atoms with E-state index in [2.05, 4.69) is 4.98 Å². The molecule has 1 unspecified atom stereocenters. The third kappa shape index (κ3) is 2.30. The van der Waals surface area contributed by atoms with Crippen LogP contribution in [0.1, 0.15) is 45.0 Å². The lowest BCUT2D eigenvalue weighted by molar-refractivity contribution is 0.00578. The molecule has 5 heteroatoms. The van der Waals surface area contributed by atoms with E-state index in [4.69, 9.17) is 15.0 Å². The molecule has 1 atom stereocenters. The molecule has 0 spiro atoms. The Morgan fingerprint density at radius 2 is 1.72 bits per heavy atom. The molecule has 2 heterocycles. The van der Waals surface area contributed by atoms with Gasteiger partial charge in [0.15, 0.2) is 0 Å². The summed E-state index contributed by atoms with van der Waals surface area (Å²) in [6.07, 6.45) is 0. The summed E-state index contributed by atoms with van der Waals surface area (Å²) < 4.78 is 11.9. The van der Waals surface area contributed by atoms with Crippen LogP contribution in [0.4, 0.5) is 0 Å². The number of aryl methyl sites for hydroxylation is 1. The predicted molar refractivity (Wildman–Crippen MR) is 72.0 cm³/mol. The van der Waals surface area contributed by atoms with Crippen molar-refractivity contribution < 1.29 is 9.31 Å². The summed E-state index contributed by atoms with van der Waals surface area (Å²) in [7, 11) is -0.454. The predicted octanol–water partition coefficient (Wildman–Crippen LogP) is 2.02. The summed E-state index contributed by atoms with van der Waals surface area (Å²) >= 11 is 0. The van der Waals surface area contributed by atoms with Gasteiger partial charge in [-0.25, -0.2) is 0 Å². The fraction of sp³-hybridized carbons (Fsp3) is 0.615. The van der Waals surface area contributed by atoms with E-state index in [0.29, 0.717) is 0 Å². The van der Waals surface area contributed by atoms with E-state index in [1.54, 1.807) is 0 Å². The molecular formula is C13H21BN2O2. The van der Waals surface area contributed by atoms with Gasteiger partial charge >= 0.3 is 7.12 Å². The Morgan fingerprint density at radius 3 is 2.22 bits per heavy atom. The smallest absolute Gasteiger partial charge is 0.402 e. The topological polar surface area (TPSA) is 57.4 Å². The first-order valence-electron chi connectivity index (χ1n) is 6.28. The lowest BCUT2D eigenvalue weighted by Gasteiger charge is -2.32. The quantitative estimate of drug-likeness (QED) is 0.813. The van der Waals surface area contributed by atoms with Crippen molar-refractivity contribution in [2.24, 2.45) is 5.73 Å². The van der Waals surface area contributed by atoms with E-state index in [-0.39, 0.29) is 17.1 Å². The van der Waals surface area contributed by atoms with E-state index in [9.17, 15) is 0 Å². The minimum absolute atomic E-state index is 0.362. The maximum Gasteiger partial charge on any atom is 0.482 e. The Kier molecular flexibility index (Phi) is 3.26. The fourth-order valence-corrected chi connectivity index (χ4v) is 1.92. The molecule has 1 aliphatic heterocycles. The number of pyridine rings is 1. The monoisotopic (exact) mass is 248 g/mol. The van der Waals surface area contributed by atoms with Crippen molar-refractivity contribution >= 4 is 7.12 Å². The van der Waals surface area contributed by atoms with Crippen molar-refractivity contribution in [2.75, 3.05) is 0 Å². The van der Waals surface area contributed by atoms with Crippen LogP contribution in [0.25, 0.3) is 0 Å². The molecule has 0 aromatic carbocycles. The first kappa shape index (κ1) is 13.5. The van der Waals surface area contributed by atoms with Gasteiger partial charge in [0.1, 0.15) is 0 Å². The van der Waals surface area contributed by atoms with Gasteiger partial charge in [-0.2, -0.15) is 0 Å². The largest absolute Gasteiger partial charge is 0.482 e. The van der Waals surface area contributed by atoms with Crippen LogP contribution in [-0.4, -0.2) is 23.3 Å². The summed E-state index contributed by atoms with van der Waals surface area (Å²) in [5.41, 5.74) is 7.22. The minimum Gasteiger partial charge on any atom is -0.402 e. The van der Waals surface area contributed by atoms with Gasteiger partial charge in [0.05, 0.1) is 22.8 Å². The number of hydrogen-bond donors (Lipinski definition) is 1. The molecule has 1 aromatic heterocycles. The molecule has 1 aliphatic rings. The van der Waals surface area contributed by atoms with Crippen LogP contribution in [0.3, 0.4) is 0 Å². The van der Waals surface area contributed by atoms with Crippen molar-refractivity contribution in [1.29, 1.82) is 0 Å². The third-order valence-electron chi connectivity index (χ3n) is 3.82. The second-order valence-corrected chi connectivity index (χ2v) is 5.85. The zero-order valence-electron chi connectivity index (χ0n) is 11.7. The van der Waals surface area contributed by atoms with E-state index in [0.717, 1.165) is 11.4 Å². The SMILES string of the molecule is Cc1cccc(C(N)B2OC(C)(C)C(C)(C)O2)n1. The lowest BCUT2D eigenvalue weighted by Crippen LogP contribution is -2.41. The van der Waals surface area contributed by atoms with Crippen LogP contribution in [0.2, 0.25) is 0 Å². The van der Waals surface area contributed by atoms with Crippen LogP contribution in [0.5, 0.6) is 0 Å². The van der Waals surface area contributed by atoms with Gasteiger partial charge in [0.2, 0.25) is 0 Å². The van der Waals surface area contributed by atoms with E-state index in [1.165, 1.54) is 0 Å². The summed E-state index contributed by atoms with van der Waals surface area (Å²) in [4.78, 5) is 4.43. The molecule has 1 aromatic rings. The molecule has 0 amide bonds. The van der Waals surface area contributed by atoms with Gasteiger partial charge in [-0.1, -0.05) is 6.07 Å². The summed E-state index contributed by atoms with van der Waals surface area (Å²) in [6.45, 7) is 10.0. The molecule has 0 bridgehead atoms. The van der Waals surface area contributed by atoms with Gasteiger partial charge in [-0.05, 0) is 46.8 Å². The highest BCUT2D eigenvalue weighted by molar-refractivity contribution is 6.47. The van der Waals surface area contributed by atoms with Crippen LogP contribution in [-0.2, 0) is 9.31 Å². The van der Waals surface area contributed by atoms with Gasteiger partial charge in [-0.3, -0.25) is 4.98 Å². The molecule has 1 saturated heterocycles. The Labute approximate surface area is 109 Å². The highest BCUT2D eigenvalue weighted by Crippen LogP contribution is 2.39. The zero-order chi connectivity index (χ0) is 13.6. The molecule has 18 heavy (non-hydrogen) atoms. The lowest BCUT2D eigenvalue weighted by atomic mass is 9.77. The maximum absolute atomic E-state index is 6.20. The molecule has 0 saturated carbocycles. The van der Waals surface area contributed by atoms with Crippen molar-refractivity contribution in [2.45, 2.75) is 51.8 Å². The normalized spacial score (nSPS) is 23.1. The summed E-state index contributed by atoms with van der Waals surface area (Å²) in [6, 6.07) is 5.80. The van der Waals surface area contributed by atoms with Crippen molar-refractivity contribution in [3.63, 3.8) is 0 Å². The Balaban J connectivity index is 2.20. The highest BCUT2D eigenvalue weighted by atomic mass is 16.7. The molecule has 1 fully saturated rings. The molecule has 4 nitrogen and oxygen atoms in total. The van der Waals surface area contributed by atoms with E-state index >= 15 is 0 Å². The molecule has 2 N–H and O–H groups in total. The summed E-state index contributed by atoms with van der Waals surface area (Å²) in [5.74, 6) is -0.369. The molecular weight excluding hydrogens is 227 g/mol. The Hall–Kier alpha value is -0.905. The average Bonchev–Trinajstić information content (AvgIpc) is 2.47. The van der Waals surface area contributed by atoms with Crippen LogP contribution >= 0.6 is 0 Å². The fourth-order valence-electron chi connectivity index (χ4n) is 1.92. The first-order valence-corrected chi connectivity index (χ1v) is 6.28. The van der Waals surface area contributed by atoms with Crippen LogP contribution in [0.15, 0.2) is 18.2 Å². The Morgan fingerprint density at radius 1 is 1.17 bits per heavy atom. The maximum atomic E-state index is 6.20. The Bertz CT molecular complexity index is 432. The van der Waals surface area contributed by atoms with Crippen molar-refractivity contribution in [1.82, 2.24) is 4.98 Å². The number of nitrogens with zero attached hydrogens (tertiary/aromatic N) is 1. The number of aromatic nitrogens is 1. The number of hydrogen-bond acceptors (Lipinski definition) is 4. The molecule has 0 aliphatic carbocycles. The highest BCUT2D eigenvalue weighted by Gasteiger charge is 2.53. The minimum atomic E-state index is -0.454. The molecule has 0 radical (unpaired) electrons. The first-order chi connectivity index (χ1) is 8.23. The second-order valence-electron chi connectivity index (χ2n) is 5.85.